The van der Waals surface area contributed by atoms with Gasteiger partial charge in [0.1, 0.15) is 0 Å². The van der Waals surface area contributed by atoms with Gasteiger partial charge in [-0.3, -0.25) is 4.98 Å². The molecule has 0 amide bonds. The summed E-state index contributed by atoms with van der Waals surface area (Å²) < 4.78 is 6.98. The van der Waals surface area contributed by atoms with Crippen LogP contribution in [0.4, 0.5) is 0 Å². The lowest BCUT2D eigenvalue weighted by atomic mass is 9.90. The number of rotatable bonds is 5. The number of carbonyl (C=O) groups excluding carboxylic acids is 1. The Morgan fingerprint density at radius 1 is 1.32 bits per heavy atom. The molecule has 0 N–H and O–H groups in total. The molecule has 0 atom stereocenters. The van der Waals surface area contributed by atoms with Crippen molar-refractivity contribution in [3.63, 3.8) is 0 Å². The minimum absolute atomic E-state index is 0.264. The molecule has 0 unspecified atom stereocenters. The third-order valence-corrected chi connectivity index (χ3v) is 3.99. The van der Waals surface area contributed by atoms with E-state index in [2.05, 4.69) is 15.3 Å². The Bertz CT molecular complexity index is 606. The van der Waals surface area contributed by atoms with Gasteiger partial charge in [0.2, 0.25) is 0 Å². The number of carbonyl (C=O) groups is 1. The highest BCUT2D eigenvalue weighted by atomic mass is 16.5. The molecular formula is C16H20N4O2. The van der Waals surface area contributed by atoms with E-state index in [9.17, 15) is 4.79 Å². The number of aromatic nitrogens is 4. The van der Waals surface area contributed by atoms with E-state index < -0.39 is 0 Å². The molecule has 0 aromatic carbocycles. The third-order valence-electron chi connectivity index (χ3n) is 3.99. The zero-order valence-corrected chi connectivity index (χ0v) is 12.5. The van der Waals surface area contributed by atoms with Crippen LogP contribution in [0.2, 0.25) is 0 Å². The van der Waals surface area contributed by atoms with E-state index in [-0.39, 0.29) is 11.7 Å². The van der Waals surface area contributed by atoms with Gasteiger partial charge in [0.15, 0.2) is 5.69 Å². The van der Waals surface area contributed by atoms with Crippen LogP contribution in [-0.2, 0) is 11.3 Å². The van der Waals surface area contributed by atoms with Gasteiger partial charge in [0, 0.05) is 12.4 Å². The second-order valence-electron chi connectivity index (χ2n) is 5.77. The van der Waals surface area contributed by atoms with E-state index in [1.165, 1.54) is 19.3 Å². The second-order valence-corrected chi connectivity index (χ2v) is 5.77. The van der Waals surface area contributed by atoms with Gasteiger partial charge in [-0.15, -0.1) is 5.10 Å². The Kier molecular flexibility index (Phi) is 4.78. The van der Waals surface area contributed by atoms with Crippen LogP contribution in [0, 0.1) is 5.92 Å². The highest BCUT2D eigenvalue weighted by Crippen LogP contribution is 2.23. The van der Waals surface area contributed by atoms with Crippen molar-refractivity contribution in [2.45, 2.75) is 38.6 Å². The van der Waals surface area contributed by atoms with Gasteiger partial charge in [-0.05, 0) is 30.4 Å². The maximum absolute atomic E-state index is 12.0. The topological polar surface area (TPSA) is 69.9 Å². The van der Waals surface area contributed by atoms with Crippen LogP contribution >= 0.6 is 0 Å². The predicted molar refractivity (Wildman–Crippen MR) is 80.2 cm³/mol. The molecule has 22 heavy (non-hydrogen) atoms. The largest absolute Gasteiger partial charge is 0.461 e. The van der Waals surface area contributed by atoms with Crippen molar-refractivity contribution < 1.29 is 9.53 Å². The highest BCUT2D eigenvalue weighted by molar-refractivity contribution is 5.86. The van der Waals surface area contributed by atoms with Crippen molar-refractivity contribution in [2.75, 3.05) is 6.61 Å². The van der Waals surface area contributed by atoms with E-state index in [4.69, 9.17) is 4.74 Å². The van der Waals surface area contributed by atoms with Crippen LogP contribution < -0.4 is 0 Å². The molecule has 0 aliphatic heterocycles. The van der Waals surface area contributed by atoms with Gasteiger partial charge >= 0.3 is 5.97 Å². The minimum atomic E-state index is -0.386. The minimum Gasteiger partial charge on any atom is -0.461 e. The molecule has 0 radical (unpaired) electrons. The molecule has 3 rings (SSSR count). The summed E-state index contributed by atoms with van der Waals surface area (Å²) in [6.07, 6.45) is 11.2. The van der Waals surface area contributed by atoms with Gasteiger partial charge < -0.3 is 4.74 Å². The summed E-state index contributed by atoms with van der Waals surface area (Å²) >= 11 is 0. The molecule has 1 aliphatic carbocycles. The lowest BCUT2D eigenvalue weighted by molar-refractivity contribution is 0.0403. The molecule has 2 aromatic rings. The summed E-state index contributed by atoms with van der Waals surface area (Å²) in [6.45, 7) is 1.03. The Balaban J connectivity index is 1.52. The molecule has 0 spiro atoms. The van der Waals surface area contributed by atoms with Crippen LogP contribution in [0.1, 0.15) is 48.2 Å². The SMILES string of the molecule is O=C(OCC1CCCCC1)c1cn(Cc2cccnc2)nn1. The standard InChI is InChI=1S/C16H20N4O2/c21-16(22-12-13-5-2-1-3-6-13)15-11-20(19-18-15)10-14-7-4-8-17-9-14/h4,7-9,11,13H,1-3,5-6,10,12H2. The molecule has 2 aromatic heterocycles. The molecule has 1 saturated carbocycles. The van der Waals surface area contributed by atoms with Crippen molar-refractivity contribution in [1.82, 2.24) is 20.0 Å². The maximum Gasteiger partial charge on any atom is 0.360 e. The zero-order valence-electron chi connectivity index (χ0n) is 12.5. The van der Waals surface area contributed by atoms with E-state index >= 15 is 0 Å². The first-order valence-corrected chi connectivity index (χ1v) is 7.77. The molecule has 6 nitrogen and oxygen atoms in total. The van der Waals surface area contributed by atoms with Crippen molar-refractivity contribution in [1.29, 1.82) is 0 Å². The Hall–Kier alpha value is -2.24. The number of nitrogens with zero attached hydrogens (tertiary/aromatic N) is 4. The lowest BCUT2D eigenvalue weighted by Gasteiger charge is -2.20. The lowest BCUT2D eigenvalue weighted by Crippen LogP contribution is -2.17. The van der Waals surface area contributed by atoms with Gasteiger partial charge in [0.25, 0.3) is 0 Å². The first kappa shape index (κ1) is 14.7. The first-order chi connectivity index (χ1) is 10.8. The smallest absolute Gasteiger partial charge is 0.360 e. The van der Waals surface area contributed by atoms with E-state index in [0.717, 1.165) is 18.4 Å². The monoisotopic (exact) mass is 300 g/mol. The van der Waals surface area contributed by atoms with E-state index in [1.54, 1.807) is 23.3 Å². The average Bonchev–Trinajstić information content (AvgIpc) is 3.03. The van der Waals surface area contributed by atoms with Crippen LogP contribution in [-0.4, -0.2) is 32.6 Å². The number of hydrogen-bond acceptors (Lipinski definition) is 5. The molecule has 0 saturated heterocycles. The Morgan fingerprint density at radius 2 is 2.18 bits per heavy atom. The van der Waals surface area contributed by atoms with Crippen molar-refractivity contribution >= 4 is 5.97 Å². The number of esters is 1. The Morgan fingerprint density at radius 3 is 2.95 bits per heavy atom. The van der Waals surface area contributed by atoms with Crippen LogP contribution in [0.5, 0.6) is 0 Å². The fraction of sp³-hybridized carbons (Fsp3) is 0.500. The van der Waals surface area contributed by atoms with Crippen molar-refractivity contribution in [2.24, 2.45) is 5.92 Å². The Labute approximate surface area is 129 Å². The van der Waals surface area contributed by atoms with Gasteiger partial charge in [-0.2, -0.15) is 0 Å². The van der Waals surface area contributed by atoms with E-state index in [1.807, 2.05) is 12.1 Å². The van der Waals surface area contributed by atoms with Crippen molar-refractivity contribution in [3.05, 3.63) is 42.0 Å². The maximum atomic E-state index is 12.0. The predicted octanol–water partition coefficient (Wildman–Crippen LogP) is 2.46. The van der Waals surface area contributed by atoms with Crippen LogP contribution in [0.25, 0.3) is 0 Å². The number of ether oxygens (including phenoxy) is 1. The zero-order chi connectivity index (χ0) is 15.2. The van der Waals surface area contributed by atoms with Gasteiger partial charge in [0.05, 0.1) is 19.3 Å². The molecule has 2 heterocycles. The normalized spacial score (nSPS) is 15.6. The molecule has 6 heteroatoms. The van der Waals surface area contributed by atoms with Crippen LogP contribution in [0.15, 0.2) is 30.7 Å². The van der Waals surface area contributed by atoms with E-state index in [0.29, 0.717) is 19.1 Å². The summed E-state index contributed by atoms with van der Waals surface area (Å²) in [5.74, 6) is 0.117. The van der Waals surface area contributed by atoms with Crippen molar-refractivity contribution in [3.8, 4) is 0 Å². The third kappa shape index (κ3) is 3.90. The summed E-state index contributed by atoms with van der Waals surface area (Å²) in [7, 11) is 0. The van der Waals surface area contributed by atoms with Crippen LogP contribution in [0.3, 0.4) is 0 Å². The van der Waals surface area contributed by atoms with Gasteiger partial charge in [-0.1, -0.05) is 30.5 Å². The number of hydrogen-bond donors (Lipinski definition) is 0. The average molecular weight is 300 g/mol. The summed E-state index contributed by atoms with van der Waals surface area (Å²) in [4.78, 5) is 16.1. The summed E-state index contributed by atoms with van der Waals surface area (Å²) in [5.41, 5.74) is 1.27. The fourth-order valence-corrected chi connectivity index (χ4v) is 2.77. The molecule has 0 bridgehead atoms. The molecule has 116 valence electrons. The highest BCUT2D eigenvalue weighted by Gasteiger charge is 2.18. The fourth-order valence-electron chi connectivity index (χ4n) is 2.77. The quantitative estimate of drug-likeness (QED) is 0.793. The molecule has 1 fully saturated rings. The van der Waals surface area contributed by atoms with Gasteiger partial charge in [-0.25, -0.2) is 9.48 Å². The number of pyridine rings is 1. The second kappa shape index (κ2) is 7.15. The molecular weight excluding hydrogens is 280 g/mol. The summed E-state index contributed by atoms with van der Waals surface area (Å²) in [6, 6.07) is 3.82. The summed E-state index contributed by atoms with van der Waals surface area (Å²) in [5, 5.41) is 7.86. The first-order valence-electron chi connectivity index (χ1n) is 7.77. The molecule has 1 aliphatic rings.